The lowest BCUT2D eigenvalue weighted by Crippen LogP contribution is -2.10. The van der Waals surface area contributed by atoms with Gasteiger partial charge in [0.2, 0.25) is 0 Å². The minimum absolute atomic E-state index is 0.0119. The van der Waals surface area contributed by atoms with Gasteiger partial charge >= 0.3 is 0 Å². The van der Waals surface area contributed by atoms with Crippen molar-refractivity contribution in [2.45, 2.75) is 24.1 Å². The number of hydrogen-bond acceptors (Lipinski definition) is 1. The minimum Gasteiger partial charge on any atom is -0.293 e. The molecule has 1 aromatic rings. The zero-order chi connectivity index (χ0) is 12.3. The Morgan fingerprint density at radius 1 is 1.50 bits per heavy atom. The molecule has 5 heteroatoms. The summed E-state index contributed by atoms with van der Waals surface area (Å²) in [4.78, 5) is 11.2. The lowest BCUT2D eigenvalue weighted by molar-refractivity contribution is 0.0995. The van der Waals surface area contributed by atoms with E-state index in [1.807, 2.05) is 0 Å². The molecule has 1 rings (SSSR count). The Morgan fingerprint density at radius 2 is 2.12 bits per heavy atom. The minimum atomic E-state index is -2.62. The van der Waals surface area contributed by atoms with E-state index < -0.39 is 6.43 Å². The number of carbonyl (C=O) groups excluding carboxylic acids is 1. The average Bonchev–Trinajstić information content (AvgIpc) is 2.26. The summed E-state index contributed by atoms with van der Waals surface area (Å²) < 4.78 is 25.4. The van der Waals surface area contributed by atoms with Gasteiger partial charge in [0.25, 0.3) is 6.43 Å². The highest BCUT2D eigenvalue weighted by molar-refractivity contribution is 9.10. The molecule has 0 aliphatic carbocycles. The molecule has 0 spiro atoms. The van der Waals surface area contributed by atoms with E-state index in [4.69, 9.17) is 11.6 Å². The third-order valence-corrected chi connectivity index (χ3v) is 2.87. The fourth-order valence-corrected chi connectivity index (χ4v) is 1.81. The third-order valence-electron chi connectivity index (χ3n) is 2.17. The summed E-state index contributed by atoms with van der Waals surface area (Å²) in [5.74, 6) is -0.208. The van der Waals surface area contributed by atoms with Gasteiger partial charge in [-0.05, 0) is 18.6 Å². The number of rotatable bonds is 4. The van der Waals surface area contributed by atoms with Crippen molar-refractivity contribution >= 4 is 33.3 Å². The zero-order valence-electron chi connectivity index (χ0n) is 8.51. The molecule has 0 saturated heterocycles. The highest BCUT2D eigenvalue weighted by atomic mass is 79.9. The van der Waals surface area contributed by atoms with Crippen molar-refractivity contribution < 1.29 is 13.6 Å². The molecule has 0 fully saturated rings. The van der Waals surface area contributed by atoms with E-state index >= 15 is 0 Å². The first-order valence-electron chi connectivity index (χ1n) is 4.62. The molecule has 16 heavy (non-hydrogen) atoms. The van der Waals surface area contributed by atoms with Crippen LogP contribution in [0.2, 0.25) is 0 Å². The van der Waals surface area contributed by atoms with Crippen LogP contribution in [0.3, 0.4) is 0 Å². The standard InChI is InChI=1S/C11H10BrClF2O/c1-6(12)10(16)7-2-3-8(5-13)9(4-7)11(14)15/h2-4,6,11H,5H2,1H3. The lowest BCUT2D eigenvalue weighted by atomic mass is 10.0. The second-order valence-corrected chi connectivity index (χ2v) is 4.97. The van der Waals surface area contributed by atoms with Gasteiger partial charge in [0, 0.05) is 17.0 Å². The van der Waals surface area contributed by atoms with Gasteiger partial charge in [-0.25, -0.2) is 8.78 Å². The van der Waals surface area contributed by atoms with Crippen LogP contribution in [0.4, 0.5) is 8.78 Å². The Labute approximate surface area is 106 Å². The molecule has 0 heterocycles. The largest absolute Gasteiger partial charge is 0.293 e. The normalized spacial score (nSPS) is 12.9. The van der Waals surface area contributed by atoms with Gasteiger partial charge in [-0.3, -0.25) is 4.79 Å². The average molecular weight is 312 g/mol. The summed E-state index contributed by atoms with van der Waals surface area (Å²) in [6.45, 7) is 1.65. The van der Waals surface area contributed by atoms with Crippen molar-refractivity contribution in [3.63, 3.8) is 0 Å². The van der Waals surface area contributed by atoms with Crippen molar-refractivity contribution in [2.24, 2.45) is 0 Å². The quantitative estimate of drug-likeness (QED) is 0.597. The van der Waals surface area contributed by atoms with Crippen LogP contribution in [0.25, 0.3) is 0 Å². The van der Waals surface area contributed by atoms with Crippen LogP contribution in [0.5, 0.6) is 0 Å². The van der Waals surface area contributed by atoms with E-state index in [-0.39, 0.29) is 27.6 Å². The van der Waals surface area contributed by atoms with Crippen molar-refractivity contribution in [1.29, 1.82) is 0 Å². The molecular weight excluding hydrogens is 301 g/mol. The van der Waals surface area contributed by atoms with Gasteiger partial charge in [0.05, 0.1) is 4.83 Å². The molecule has 0 saturated carbocycles. The van der Waals surface area contributed by atoms with E-state index in [1.54, 1.807) is 6.92 Å². The number of halogens is 4. The highest BCUT2D eigenvalue weighted by Gasteiger charge is 2.17. The maximum Gasteiger partial charge on any atom is 0.264 e. The van der Waals surface area contributed by atoms with Crippen LogP contribution in [-0.4, -0.2) is 10.6 Å². The van der Waals surface area contributed by atoms with E-state index in [1.165, 1.54) is 18.2 Å². The fraction of sp³-hybridized carbons (Fsp3) is 0.364. The van der Waals surface area contributed by atoms with Crippen LogP contribution in [0.1, 0.15) is 34.8 Å². The summed E-state index contributed by atoms with van der Waals surface area (Å²) in [7, 11) is 0. The topological polar surface area (TPSA) is 17.1 Å². The SMILES string of the molecule is CC(Br)C(=O)c1ccc(CCl)c(C(F)F)c1. The highest BCUT2D eigenvalue weighted by Crippen LogP contribution is 2.26. The van der Waals surface area contributed by atoms with Crippen LogP contribution in [0.15, 0.2) is 18.2 Å². The molecule has 0 radical (unpaired) electrons. The summed E-state index contributed by atoms with van der Waals surface area (Å²) in [6, 6.07) is 4.20. The van der Waals surface area contributed by atoms with E-state index in [0.29, 0.717) is 5.56 Å². The number of hydrogen-bond donors (Lipinski definition) is 0. The molecule has 1 unspecified atom stereocenters. The van der Waals surface area contributed by atoms with Gasteiger partial charge in [0.15, 0.2) is 5.78 Å². The maximum absolute atomic E-state index is 12.7. The molecule has 1 atom stereocenters. The molecule has 0 aromatic heterocycles. The fourth-order valence-electron chi connectivity index (χ4n) is 1.30. The first-order valence-corrected chi connectivity index (χ1v) is 6.07. The number of alkyl halides is 4. The van der Waals surface area contributed by atoms with Gasteiger partial charge in [-0.2, -0.15) is 0 Å². The summed E-state index contributed by atoms with van der Waals surface area (Å²) in [6.07, 6.45) is -2.62. The predicted molar refractivity (Wildman–Crippen MR) is 63.7 cm³/mol. The van der Waals surface area contributed by atoms with Crippen molar-refractivity contribution in [3.05, 3.63) is 34.9 Å². The van der Waals surface area contributed by atoms with Gasteiger partial charge in [-0.15, -0.1) is 11.6 Å². The Morgan fingerprint density at radius 3 is 2.56 bits per heavy atom. The monoisotopic (exact) mass is 310 g/mol. The van der Waals surface area contributed by atoms with Crippen molar-refractivity contribution in [3.8, 4) is 0 Å². The molecule has 0 aliphatic rings. The van der Waals surface area contributed by atoms with E-state index in [2.05, 4.69) is 15.9 Å². The Hall–Kier alpha value is -0.480. The van der Waals surface area contributed by atoms with Crippen molar-refractivity contribution in [1.82, 2.24) is 0 Å². The number of benzene rings is 1. The molecule has 0 aliphatic heterocycles. The van der Waals surface area contributed by atoms with E-state index in [9.17, 15) is 13.6 Å². The van der Waals surface area contributed by atoms with Crippen LogP contribution in [0, 0.1) is 0 Å². The van der Waals surface area contributed by atoms with Crippen LogP contribution < -0.4 is 0 Å². The second-order valence-electron chi connectivity index (χ2n) is 3.33. The maximum atomic E-state index is 12.7. The number of Topliss-reactive ketones (excluding diaryl/α,β-unsaturated/α-hetero) is 1. The second kappa shape index (κ2) is 5.73. The first kappa shape index (κ1) is 13.6. The Balaban J connectivity index is 3.17. The molecule has 1 aromatic carbocycles. The molecule has 1 nitrogen and oxygen atoms in total. The molecule has 88 valence electrons. The Kier molecular flexibility index (Phi) is 4.87. The van der Waals surface area contributed by atoms with Gasteiger partial charge in [-0.1, -0.05) is 28.1 Å². The number of carbonyl (C=O) groups is 1. The predicted octanol–water partition coefficient (Wildman–Crippen LogP) is 4.33. The first-order chi connectivity index (χ1) is 7.47. The van der Waals surface area contributed by atoms with Gasteiger partial charge in [0.1, 0.15) is 0 Å². The zero-order valence-corrected chi connectivity index (χ0v) is 10.9. The van der Waals surface area contributed by atoms with E-state index in [0.717, 1.165) is 0 Å². The third kappa shape index (κ3) is 3.01. The molecule has 0 N–H and O–H groups in total. The van der Waals surface area contributed by atoms with Crippen LogP contribution in [-0.2, 0) is 5.88 Å². The summed E-state index contributed by atoms with van der Waals surface area (Å²) >= 11 is 8.65. The van der Waals surface area contributed by atoms with Crippen LogP contribution >= 0.6 is 27.5 Å². The summed E-state index contributed by atoms with van der Waals surface area (Å²) in [5, 5.41) is 0. The molecular formula is C11H10BrClF2O. The van der Waals surface area contributed by atoms with Crippen molar-refractivity contribution in [2.75, 3.05) is 0 Å². The smallest absolute Gasteiger partial charge is 0.264 e. The summed E-state index contributed by atoms with van der Waals surface area (Å²) in [5.41, 5.74) is 0.456. The van der Waals surface area contributed by atoms with Gasteiger partial charge < -0.3 is 0 Å². The molecule has 0 bridgehead atoms. The number of ketones is 1. The molecule has 0 amide bonds. The Bertz CT molecular complexity index is 394. The lowest BCUT2D eigenvalue weighted by Gasteiger charge is -2.09.